The molecule has 5 aliphatic heterocycles. The molecule has 0 aromatic carbocycles. The lowest BCUT2D eigenvalue weighted by Gasteiger charge is -2.51. The minimum Gasteiger partial charge on any atom is -0.410 e. The molecule has 1 amide bonds. The van der Waals surface area contributed by atoms with E-state index in [0.717, 1.165) is 14.0 Å². The van der Waals surface area contributed by atoms with Crippen molar-refractivity contribution in [3.63, 3.8) is 0 Å². The fourth-order valence-electron chi connectivity index (χ4n) is 8.71. The Balaban J connectivity index is 1.40. The van der Waals surface area contributed by atoms with Crippen LogP contribution in [0.15, 0.2) is 0 Å². The summed E-state index contributed by atoms with van der Waals surface area (Å²) in [6.45, 7) is -2.26. The minimum absolute atomic E-state index is 0.178. The molecule has 0 bridgehead atoms. The van der Waals surface area contributed by atoms with E-state index in [9.17, 15) is 81.1 Å². The summed E-state index contributed by atoms with van der Waals surface area (Å²) in [5, 5.41) is 153. The summed E-state index contributed by atoms with van der Waals surface area (Å²) in [5.74, 6) is -4.52. The summed E-state index contributed by atoms with van der Waals surface area (Å²) in [5.41, 5.74) is 0. The highest BCUT2D eigenvalue weighted by atomic mass is 16.9. The fraction of sp³-hybridized carbons (Fsp3) is 0.947. The first kappa shape index (κ1) is 55.9. The van der Waals surface area contributed by atoms with E-state index in [-0.39, 0.29) is 6.47 Å². The van der Waals surface area contributed by atoms with Crippen LogP contribution in [0.25, 0.3) is 0 Å². The Morgan fingerprint density at radius 3 is 1.69 bits per heavy atom. The van der Waals surface area contributed by atoms with Crippen LogP contribution in [-0.2, 0) is 66.4 Å². The van der Waals surface area contributed by atoms with Gasteiger partial charge in [0.25, 0.3) is 6.47 Å². The monoisotopic (exact) mass is 983 g/mol. The highest BCUT2D eigenvalue weighted by molar-refractivity contribution is 5.73. The normalized spacial score (nSPS) is 47.2. The number of carbonyl (C=O) groups is 2. The van der Waals surface area contributed by atoms with Gasteiger partial charge in [-0.05, 0) is 0 Å². The van der Waals surface area contributed by atoms with Crippen LogP contribution >= 0.6 is 0 Å². The molecule has 5 rings (SSSR count). The third-order valence-electron chi connectivity index (χ3n) is 12.4. The number of aliphatic hydroxyl groups is 14. The molecule has 15 N–H and O–H groups in total. The molecule has 0 radical (unpaired) electrons. The smallest absolute Gasteiger partial charge is 0.332 e. The highest BCUT2D eigenvalue weighted by Gasteiger charge is 2.59. The molecule has 26 atom stereocenters. The lowest BCUT2D eigenvalue weighted by Crippen LogP contribution is -2.70. The Morgan fingerprint density at radius 2 is 1.16 bits per heavy atom. The van der Waals surface area contributed by atoms with Gasteiger partial charge in [-0.2, -0.15) is 0 Å². The highest BCUT2D eigenvalue weighted by Crippen LogP contribution is 2.41. The molecule has 390 valence electrons. The number of hydrogen-bond donors (Lipinski definition) is 15. The van der Waals surface area contributed by atoms with Crippen molar-refractivity contribution in [1.82, 2.24) is 5.32 Å². The molecule has 5 aliphatic rings. The van der Waals surface area contributed by atoms with Gasteiger partial charge in [0, 0.05) is 27.1 Å². The Morgan fingerprint density at radius 1 is 0.657 bits per heavy atom. The van der Waals surface area contributed by atoms with Crippen LogP contribution < -0.4 is 5.32 Å². The van der Waals surface area contributed by atoms with Gasteiger partial charge in [-0.15, -0.1) is 0 Å². The van der Waals surface area contributed by atoms with Gasteiger partial charge in [0.15, 0.2) is 25.2 Å². The van der Waals surface area contributed by atoms with Crippen molar-refractivity contribution in [3.05, 3.63) is 0 Å². The van der Waals surface area contributed by atoms with Crippen LogP contribution in [0.3, 0.4) is 0 Å². The van der Waals surface area contributed by atoms with Gasteiger partial charge < -0.3 is 134 Å². The third-order valence-corrected chi connectivity index (χ3v) is 12.4. The number of hydrogen-bond acceptors (Lipinski definition) is 28. The van der Waals surface area contributed by atoms with Crippen molar-refractivity contribution in [2.75, 3.05) is 47.3 Å². The first-order chi connectivity index (χ1) is 31.8. The Hall–Kier alpha value is -2.06. The second-order valence-corrected chi connectivity index (χ2v) is 16.7. The molecule has 0 saturated carbocycles. The third kappa shape index (κ3) is 12.0. The molecule has 29 heteroatoms. The average Bonchev–Trinajstić information content (AvgIpc) is 3.31. The minimum atomic E-state index is -2.72. The van der Waals surface area contributed by atoms with E-state index < -0.39 is 204 Å². The zero-order chi connectivity index (χ0) is 49.7. The number of amides is 1. The van der Waals surface area contributed by atoms with Gasteiger partial charge in [0.1, 0.15) is 110 Å². The van der Waals surface area contributed by atoms with E-state index in [0.29, 0.717) is 0 Å². The summed E-state index contributed by atoms with van der Waals surface area (Å²) >= 11 is 0. The maximum absolute atomic E-state index is 12.6. The number of ether oxygens (including phenoxy) is 12. The molecule has 0 aromatic heterocycles. The second kappa shape index (κ2) is 24.4. The molecular weight excluding hydrogens is 918 g/mol. The summed E-state index contributed by atoms with van der Waals surface area (Å²) in [6.07, 6.45) is -40.9. The number of aliphatic hydroxyl groups excluding tert-OH is 14. The van der Waals surface area contributed by atoms with Crippen molar-refractivity contribution in [1.29, 1.82) is 0 Å². The SMILES string of the molecule is COC1OC(CO)C(OC2OC(CO)C(OC)C(OC3OC(CO)C(OC4OC(CO)C(O)C(OC5(OC=O)CC(O)C(C)C(C(O)[C@@H](O)CO)O5)C4O)C(O)C3NC(C)=O)C2O)C(O)C1O. The van der Waals surface area contributed by atoms with Gasteiger partial charge in [-0.25, -0.2) is 0 Å². The van der Waals surface area contributed by atoms with Gasteiger partial charge in [0.2, 0.25) is 5.91 Å². The van der Waals surface area contributed by atoms with E-state index in [4.69, 9.17) is 56.8 Å². The van der Waals surface area contributed by atoms with Crippen molar-refractivity contribution in [2.45, 2.75) is 173 Å². The number of nitrogens with one attached hydrogen (secondary N) is 1. The zero-order valence-corrected chi connectivity index (χ0v) is 36.7. The Labute approximate surface area is 382 Å². The van der Waals surface area contributed by atoms with E-state index in [1.54, 1.807) is 0 Å². The van der Waals surface area contributed by atoms with Gasteiger partial charge in [-0.1, -0.05) is 6.92 Å². The predicted octanol–water partition coefficient (Wildman–Crippen LogP) is -9.95. The van der Waals surface area contributed by atoms with Crippen molar-refractivity contribution in [3.8, 4) is 0 Å². The predicted molar refractivity (Wildman–Crippen MR) is 208 cm³/mol. The van der Waals surface area contributed by atoms with Crippen LogP contribution in [0.1, 0.15) is 20.3 Å². The standard InChI is InChI=1S/C38H65NO28/c1-12-14(47)5-38(58-11-45,66-28(12)21(49)15(48)6-40)67-32-22(50)16(7-41)59-36(26(32)54)63-29-17(8-42)60-34(20(23(29)51)39-13(2)46)65-33-27(55)37(62-19(10-44)31(33)56-3)64-30-18(9-43)61-35(57-4)25(53)24(30)52/h11-12,14-37,40-44,47-55H,5-10H2,1-4H3,(H,39,46)/t12?,14?,15-,16?,17?,18?,19?,20?,21?,22?,23?,24?,25?,26?,27?,28?,29?,30?,31?,32?,33?,34?,35?,36?,37?,38?/m0/s1. The quantitative estimate of drug-likeness (QED) is 0.0398. The van der Waals surface area contributed by atoms with E-state index in [2.05, 4.69) is 5.32 Å². The molecule has 67 heavy (non-hydrogen) atoms. The molecule has 0 spiro atoms. The topological polar surface area (TPSA) is 440 Å². The van der Waals surface area contributed by atoms with E-state index >= 15 is 0 Å². The first-order valence-electron chi connectivity index (χ1n) is 21.3. The second-order valence-electron chi connectivity index (χ2n) is 16.7. The maximum atomic E-state index is 12.6. The summed E-state index contributed by atoms with van der Waals surface area (Å²) in [4.78, 5) is 24.4. The lowest BCUT2D eigenvalue weighted by molar-refractivity contribution is -0.448. The molecular formula is C38H65NO28. The average molecular weight is 984 g/mol. The molecule has 25 unspecified atom stereocenters. The van der Waals surface area contributed by atoms with Crippen molar-refractivity contribution in [2.24, 2.45) is 5.92 Å². The zero-order valence-electron chi connectivity index (χ0n) is 36.7. The number of carbonyl (C=O) groups excluding carboxylic acids is 2. The molecule has 0 aliphatic carbocycles. The van der Waals surface area contributed by atoms with Gasteiger partial charge >= 0.3 is 5.97 Å². The molecule has 5 saturated heterocycles. The fourth-order valence-corrected chi connectivity index (χ4v) is 8.71. The Bertz CT molecular complexity index is 1540. The van der Waals surface area contributed by atoms with Crippen LogP contribution in [0.5, 0.6) is 0 Å². The largest absolute Gasteiger partial charge is 0.410 e. The van der Waals surface area contributed by atoms with Gasteiger partial charge in [0.05, 0.1) is 51.7 Å². The van der Waals surface area contributed by atoms with Crippen LogP contribution in [0, 0.1) is 5.92 Å². The van der Waals surface area contributed by atoms with Crippen LogP contribution in [0.2, 0.25) is 0 Å². The van der Waals surface area contributed by atoms with Crippen LogP contribution in [0.4, 0.5) is 0 Å². The maximum Gasteiger partial charge on any atom is 0.332 e. The molecule has 29 nitrogen and oxygen atoms in total. The van der Waals surface area contributed by atoms with Crippen molar-refractivity contribution < 1.29 is 138 Å². The summed E-state index contributed by atoms with van der Waals surface area (Å²) in [7, 11) is 2.34. The molecule has 5 heterocycles. The Kier molecular flexibility index (Phi) is 20.3. The number of methoxy groups -OCH3 is 2. The first-order valence-corrected chi connectivity index (χ1v) is 21.3. The summed E-state index contributed by atoms with van der Waals surface area (Å²) < 4.78 is 67.9. The molecule has 5 fully saturated rings. The van der Waals surface area contributed by atoms with Crippen molar-refractivity contribution >= 4 is 12.4 Å². The van der Waals surface area contributed by atoms with E-state index in [1.807, 2.05) is 0 Å². The van der Waals surface area contributed by atoms with Crippen LogP contribution in [-0.4, -0.2) is 284 Å². The number of rotatable bonds is 20. The summed E-state index contributed by atoms with van der Waals surface area (Å²) in [6, 6.07) is -1.70. The van der Waals surface area contributed by atoms with E-state index in [1.165, 1.54) is 14.0 Å². The molecule has 0 aromatic rings. The lowest BCUT2D eigenvalue weighted by atomic mass is 9.87. The van der Waals surface area contributed by atoms with Gasteiger partial charge in [-0.3, -0.25) is 9.59 Å².